The second-order valence-corrected chi connectivity index (χ2v) is 37.5. The second kappa shape index (κ2) is 53.6. The summed E-state index contributed by atoms with van der Waals surface area (Å²) in [6.45, 7) is 7.63. The maximum absolute atomic E-state index is 16.3. The van der Waals surface area contributed by atoms with Gasteiger partial charge in [-0.2, -0.15) is 0 Å². The van der Waals surface area contributed by atoms with E-state index >= 15 is 38.4 Å². The first kappa shape index (κ1) is 112. The van der Waals surface area contributed by atoms with Gasteiger partial charge in [0.1, 0.15) is 96.1 Å². The van der Waals surface area contributed by atoms with Crippen LogP contribution in [0.1, 0.15) is 148 Å². The Kier molecular flexibility index (Phi) is 42.2. The Hall–Kier alpha value is -14.0. The molecule has 0 spiro atoms. The predicted octanol–water partition coefficient (Wildman–Crippen LogP) is -1.48. The average molecular weight is 1990 g/mol. The standard InChI is InChI=1S/C97H137N23O21S/c1-10-13-29-75-89(133)108-66(28-20-36-103-97(101)102)85(129)115-74(84(128)105-48-80(100)125)51-142-52-81(126)106-69(40-55-32-34-58(122)35-33-55)92(136)116(7)54(6)83(127)110-71(45-79(99)124)94(138)119-37-21-31-76(119)90(134)113-72(46-98)87(131)111-68(39-53(4)5)95(139)120-49-59(123)43-78(120)91(135)109-67(42-57-47-104-64-26-17-15-24-61(57)64)86(130)114-73(50-121)88(132)112-70(93(137)118(9)77(30-14-11-2)96(140)117(75)8)44-63-62-25-16-18-27-65(62)107-82(63)56-22-19-23-60(41-56)141-38-12-3/h15-19,22-27,32-35,41,47,53-54,59,66-78,104,107,121-123H,10-14,20-21,28-31,36-40,42-46,48-52,98H2,1-9H3,(H2,99,124)(H2,100,125)(H,105,128)(H,106,126)(H,108,133)(H,109,135)(H,110,127)(H,111,131)(H,112,132)(H,113,134)(H,114,130)(H,115,129)(H4,101,102,103)/t54-,59+,66-,67-,68-,69-,70-,71-,72-,73-,74-,75-,76-,77-,78-/m0/s1. The smallest absolute Gasteiger partial charge is 0.246 e. The van der Waals surface area contributed by atoms with Crippen molar-refractivity contribution in [1.29, 1.82) is 5.41 Å². The number of guanidine groups is 1. The molecule has 9 rings (SSSR count). The molecule has 15 atom stereocenters. The molecule has 6 aromatic rings. The maximum Gasteiger partial charge on any atom is 0.246 e. The van der Waals surface area contributed by atoms with E-state index in [1.54, 1.807) is 86.8 Å². The van der Waals surface area contributed by atoms with Crippen LogP contribution in [0.15, 0.2) is 103 Å². The number of carbonyl (C=O) groups is 17. The molecular weight excluding hydrogens is 1860 g/mol. The fraction of sp³-hybridized carbons (Fsp3) is 0.526. The van der Waals surface area contributed by atoms with Crippen LogP contribution in [0.5, 0.6) is 11.5 Å². The number of phenolic OH excluding ortho intramolecular Hbond substituents is 1. The number of thioether (sulfide) groups is 1. The van der Waals surface area contributed by atoms with Crippen molar-refractivity contribution in [2.45, 2.75) is 241 Å². The summed E-state index contributed by atoms with van der Waals surface area (Å²) in [5, 5.41) is 71.2. The molecule has 45 heteroatoms. The molecule has 772 valence electrons. The summed E-state index contributed by atoms with van der Waals surface area (Å²) in [4.78, 5) is 264. The predicted molar refractivity (Wildman–Crippen MR) is 528 cm³/mol. The molecule has 0 unspecified atom stereocenters. The fourth-order valence-corrected chi connectivity index (χ4v) is 18.4. The molecule has 44 nitrogen and oxygen atoms in total. The largest absolute Gasteiger partial charge is 0.508 e. The Balaban J connectivity index is 1.13. The molecule has 3 saturated heterocycles. The van der Waals surface area contributed by atoms with Gasteiger partial charge in [-0.25, -0.2) is 0 Å². The highest BCUT2D eigenvalue weighted by atomic mass is 32.2. The number of rotatable bonds is 29. The number of benzene rings is 4. The molecule has 0 saturated carbocycles. The van der Waals surface area contributed by atoms with E-state index < -0.39 is 248 Å². The zero-order chi connectivity index (χ0) is 104. The van der Waals surface area contributed by atoms with Gasteiger partial charge in [0.05, 0.1) is 38.0 Å². The number of H-pyrrole nitrogens is 2. The SMILES string of the molecule is CCCC[C@H]1C(=O)N(C)[C@@H](CCCC)C(=O)N[C@@H](CCCNC(=N)N)C(=O)N[C@H](C(=O)NCC(N)=O)CSCC(=O)N[C@@H](Cc2ccc(O)cc2)C(=O)N(C)[C@@H](C)C(=O)N[C@@H](CC(N)=O)C(=O)N2CCC[C@H]2C(=O)N[C@@H](CN)C(=O)N[C@@H](CC(C)C)C(=O)N2C[C@H](O)C[C@H]2C(=O)N[C@@H](Cc2c[nH]c3ccccc23)C(=O)N[C@@H](CO)C(=O)N[C@@H](Cc2c(-c3cccc(OCCC)c3)[nH]c3ccccc23)C(=O)N1C. The minimum atomic E-state index is -1.94. The van der Waals surface area contributed by atoms with Gasteiger partial charge in [0.2, 0.25) is 100 Å². The molecule has 2 aromatic heterocycles. The third kappa shape index (κ3) is 30.8. The number of aliphatic hydroxyl groups excluding tert-OH is 2. The van der Waals surface area contributed by atoms with Gasteiger partial charge < -0.3 is 136 Å². The van der Waals surface area contributed by atoms with Gasteiger partial charge in [-0.1, -0.05) is 121 Å². The summed E-state index contributed by atoms with van der Waals surface area (Å²) in [5.74, 6) is -17.9. The van der Waals surface area contributed by atoms with Crippen LogP contribution in [-0.2, 0) is 101 Å². The van der Waals surface area contributed by atoms with Crippen LogP contribution in [0.25, 0.3) is 33.1 Å². The Morgan fingerprint density at radius 3 is 1.82 bits per heavy atom. The molecule has 0 aliphatic carbocycles. The first-order chi connectivity index (χ1) is 67.7. The molecule has 25 N–H and O–H groups in total. The third-order valence-electron chi connectivity index (χ3n) is 25.3. The Morgan fingerprint density at radius 1 is 0.570 bits per heavy atom. The number of aliphatic hydroxyl groups is 2. The van der Waals surface area contributed by atoms with Crippen molar-refractivity contribution in [3.8, 4) is 22.8 Å². The van der Waals surface area contributed by atoms with E-state index in [0.29, 0.717) is 94.2 Å². The molecule has 3 fully saturated rings. The number of fused-ring (bicyclic) bond motifs is 4. The Bertz CT molecular complexity index is 5480. The number of hydrogen-bond acceptors (Lipinski definition) is 24. The summed E-state index contributed by atoms with van der Waals surface area (Å²) in [6.07, 6.45) is -0.00656. The van der Waals surface area contributed by atoms with Gasteiger partial charge in [-0.05, 0) is 117 Å². The summed E-state index contributed by atoms with van der Waals surface area (Å²) in [5.41, 5.74) is 26.7. The quantitative estimate of drug-likeness (QED) is 0.0145. The molecular formula is C97H137N23O21S. The van der Waals surface area contributed by atoms with Crippen LogP contribution in [0.3, 0.4) is 0 Å². The first-order valence-corrected chi connectivity index (χ1v) is 49.1. The van der Waals surface area contributed by atoms with Crippen molar-refractivity contribution in [1.82, 2.24) is 93.0 Å². The van der Waals surface area contributed by atoms with Gasteiger partial charge in [0, 0.05) is 118 Å². The molecule has 3 aliphatic rings. The molecule has 0 radical (unpaired) electrons. The number of nitrogens with one attached hydrogen (secondary N) is 14. The van der Waals surface area contributed by atoms with Crippen LogP contribution in [0.4, 0.5) is 0 Å². The first-order valence-electron chi connectivity index (χ1n) is 48.0. The van der Waals surface area contributed by atoms with Crippen molar-refractivity contribution in [3.05, 3.63) is 120 Å². The lowest BCUT2D eigenvalue weighted by Gasteiger charge is -2.36. The van der Waals surface area contributed by atoms with E-state index in [1.165, 1.54) is 52.3 Å². The monoisotopic (exact) mass is 1990 g/mol. The molecule has 17 amide bonds. The number of unbranched alkanes of at least 4 members (excludes halogenated alkanes) is 2. The fourth-order valence-electron chi connectivity index (χ4n) is 17.5. The normalized spacial score (nSPS) is 24.1. The van der Waals surface area contributed by atoms with Crippen LogP contribution < -0.4 is 86.2 Å². The molecule has 5 heterocycles. The van der Waals surface area contributed by atoms with Gasteiger partial charge in [0.25, 0.3) is 0 Å². The number of hydrogen-bond donors (Lipinski definition) is 21. The van der Waals surface area contributed by atoms with Crippen molar-refractivity contribution in [3.63, 3.8) is 0 Å². The summed E-state index contributed by atoms with van der Waals surface area (Å²) in [6, 6.07) is 4.57. The Labute approximate surface area is 827 Å². The van der Waals surface area contributed by atoms with Crippen molar-refractivity contribution in [2.24, 2.45) is 28.9 Å². The van der Waals surface area contributed by atoms with Crippen molar-refractivity contribution < 1.29 is 102 Å². The van der Waals surface area contributed by atoms with E-state index in [2.05, 4.69) is 68.5 Å². The van der Waals surface area contributed by atoms with Crippen LogP contribution >= 0.6 is 11.8 Å². The number of ether oxygens (including phenoxy) is 1. The van der Waals surface area contributed by atoms with Gasteiger partial charge in [0.15, 0.2) is 5.96 Å². The van der Waals surface area contributed by atoms with E-state index in [1.807, 2.05) is 26.8 Å². The number of phenols is 1. The van der Waals surface area contributed by atoms with Gasteiger partial charge in [-0.15, -0.1) is 11.8 Å². The van der Waals surface area contributed by atoms with Crippen LogP contribution in [-0.4, -0.2) is 325 Å². The number of para-hydroxylation sites is 2. The summed E-state index contributed by atoms with van der Waals surface area (Å²) >= 11 is 0.756. The molecule has 4 aromatic carbocycles. The molecule has 3 aliphatic heterocycles. The highest BCUT2D eigenvalue weighted by molar-refractivity contribution is 8.00. The lowest BCUT2D eigenvalue weighted by molar-refractivity contribution is -0.149. The third-order valence-corrected chi connectivity index (χ3v) is 26.3. The Morgan fingerprint density at radius 2 is 1.16 bits per heavy atom. The van der Waals surface area contributed by atoms with E-state index in [4.69, 9.17) is 33.1 Å². The van der Waals surface area contributed by atoms with Crippen molar-refractivity contribution >= 4 is 140 Å². The highest BCUT2D eigenvalue weighted by Gasteiger charge is 2.47. The number of likely N-dealkylation sites (N-methyl/N-ethyl adjacent to an activating group) is 3. The van der Waals surface area contributed by atoms with Gasteiger partial charge >= 0.3 is 0 Å². The number of nitrogens with zero attached hydrogens (tertiary/aromatic N) is 5. The number of primary amides is 2. The topological polar surface area (TPSA) is 668 Å². The summed E-state index contributed by atoms with van der Waals surface area (Å²) < 4.78 is 6.09. The number of amides is 17. The van der Waals surface area contributed by atoms with E-state index in [0.717, 1.165) is 36.3 Å². The molecule has 0 bridgehead atoms. The number of carbonyl (C=O) groups excluding carboxylic acids is 17. The molecule has 142 heavy (non-hydrogen) atoms. The minimum absolute atomic E-state index is 0.0211. The van der Waals surface area contributed by atoms with Crippen LogP contribution in [0.2, 0.25) is 0 Å². The average Bonchev–Trinajstić information content (AvgIpc) is 1.62. The van der Waals surface area contributed by atoms with Gasteiger partial charge in [-0.3, -0.25) is 86.9 Å². The number of aromatic hydroxyl groups is 1. The zero-order valence-corrected chi connectivity index (χ0v) is 82.4. The van der Waals surface area contributed by atoms with Crippen molar-refractivity contribution in [2.75, 3.05) is 78.6 Å². The second-order valence-electron chi connectivity index (χ2n) is 36.5. The number of aromatic nitrogens is 2. The number of nitrogens with two attached hydrogens (primary N) is 4. The summed E-state index contributed by atoms with van der Waals surface area (Å²) in [7, 11) is 3.90. The number of aromatic amines is 2. The lowest BCUT2D eigenvalue weighted by atomic mass is 9.96. The highest BCUT2D eigenvalue weighted by Crippen LogP contribution is 2.35. The lowest BCUT2D eigenvalue weighted by Crippen LogP contribution is -2.62. The van der Waals surface area contributed by atoms with E-state index in [-0.39, 0.29) is 89.0 Å². The minimum Gasteiger partial charge on any atom is -0.508 e. The maximum atomic E-state index is 16.3. The zero-order valence-electron chi connectivity index (χ0n) is 81.6. The van der Waals surface area contributed by atoms with Crippen LogP contribution in [0, 0.1) is 11.3 Å². The van der Waals surface area contributed by atoms with E-state index in [9.17, 15) is 58.5 Å².